The molecule has 4 atom stereocenters. The monoisotopic (exact) mass is 294 g/mol. The van der Waals surface area contributed by atoms with Crippen molar-refractivity contribution in [3.63, 3.8) is 0 Å². The largest absolute Gasteiger partial charge is 0.453 e. The molecule has 3 rings (SSSR count). The Balaban J connectivity index is 2.04. The first kappa shape index (κ1) is 13.3. The summed E-state index contributed by atoms with van der Waals surface area (Å²) < 4.78 is 49.2. The Morgan fingerprint density at radius 3 is 2.75 bits per heavy atom. The summed E-state index contributed by atoms with van der Waals surface area (Å²) in [5.41, 5.74) is -2.91. The molecule has 0 saturated carbocycles. The third-order valence-corrected chi connectivity index (χ3v) is 3.23. The predicted molar refractivity (Wildman–Crippen MR) is 54.9 cm³/mol. The Bertz CT molecular complexity index is 602. The highest BCUT2D eigenvalue weighted by Gasteiger charge is 2.51. The van der Waals surface area contributed by atoms with E-state index in [1.807, 2.05) is 0 Å². The van der Waals surface area contributed by atoms with Crippen LogP contribution in [-0.2, 0) is 10.9 Å². The second-order valence-corrected chi connectivity index (χ2v) is 4.47. The van der Waals surface area contributed by atoms with Gasteiger partial charge in [0.1, 0.15) is 17.8 Å². The number of aliphatic hydroxyl groups is 2. The van der Waals surface area contributed by atoms with Gasteiger partial charge in [-0.15, -0.1) is 0 Å². The van der Waals surface area contributed by atoms with E-state index >= 15 is 0 Å². The van der Waals surface area contributed by atoms with Gasteiger partial charge in [0.05, 0.1) is 6.61 Å². The molecule has 0 bridgehead atoms. The van der Waals surface area contributed by atoms with Gasteiger partial charge in [-0.1, -0.05) is 0 Å². The molecule has 7 nitrogen and oxygen atoms in total. The number of ether oxygens (including phenoxy) is 2. The first-order valence-corrected chi connectivity index (χ1v) is 5.64. The smallest absolute Gasteiger partial charge is 0.423 e. The molecule has 3 heterocycles. The summed E-state index contributed by atoms with van der Waals surface area (Å²) >= 11 is 0. The van der Waals surface area contributed by atoms with E-state index in [0.717, 1.165) is 4.57 Å². The summed E-state index contributed by atoms with van der Waals surface area (Å²) in [7, 11) is 0. The molecule has 2 aliphatic rings. The Labute approximate surface area is 109 Å². The van der Waals surface area contributed by atoms with Crippen LogP contribution in [0.15, 0.2) is 11.0 Å². The summed E-state index contributed by atoms with van der Waals surface area (Å²) in [5.74, 6) is 0. The fraction of sp³-hybridized carbons (Fsp3) is 0.600. The Morgan fingerprint density at radius 2 is 2.15 bits per heavy atom. The van der Waals surface area contributed by atoms with Crippen LogP contribution < -0.4 is 10.3 Å². The summed E-state index contributed by atoms with van der Waals surface area (Å²) in [4.78, 5) is 14.5. The lowest BCUT2D eigenvalue weighted by atomic mass is 10.1. The molecule has 2 N–H and O–H groups in total. The van der Waals surface area contributed by atoms with Gasteiger partial charge in [-0.3, -0.25) is 9.36 Å². The van der Waals surface area contributed by atoms with Gasteiger partial charge < -0.3 is 19.7 Å². The molecule has 0 aromatic carbocycles. The highest BCUT2D eigenvalue weighted by atomic mass is 19.4. The van der Waals surface area contributed by atoms with Gasteiger partial charge in [0.15, 0.2) is 12.3 Å². The second kappa shape index (κ2) is 4.17. The first-order chi connectivity index (χ1) is 9.32. The number of alkyl halides is 3. The zero-order chi connectivity index (χ0) is 14.7. The molecule has 1 unspecified atom stereocenters. The Hall–Kier alpha value is -1.65. The van der Waals surface area contributed by atoms with E-state index in [9.17, 15) is 23.1 Å². The highest BCUT2D eigenvalue weighted by Crippen LogP contribution is 2.40. The Kier molecular flexibility index (Phi) is 2.78. The number of aliphatic hydroxyl groups excluding tert-OH is 2. The summed E-state index contributed by atoms with van der Waals surface area (Å²) in [6.07, 6.45) is -8.57. The predicted octanol–water partition coefficient (Wildman–Crippen LogP) is -0.726. The van der Waals surface area contributed by atoms with Crippen molar-refractivity contribution in [2.75, 3.05) is 6.61 Å². The van der Waals surface area contributed by atoms with Gasteiger partial charge in [-0.2, -0.15) is 18.2 Å². The zero-order valence-electron chi connectivity index (χ0n) is 9.74. The number of nitrogens with zero attached hydrogens (tertiary/aromatic N) is 2. The third kappa shape index (κ3) is 1.79. The minimum Gasteiger partial charge on any atom is -0.453 e. The zero-order valence-corrected chi connectivity index (χ0v) is 9.74. The van der Waals surface area contributed by atoms with Gasteiger partial charge in [-0.05, 0) is 0 Å². The summed E-state index contributed by atoms with van der Waals surface area (Å²) in [6, 6.07) is -0.353. The number of halogens is 3. The molecule has 110 valence electrons. The van der Waals surface area contributed by atoms with E-state index in [1.165, 1.54) is 0 Å². The van der Waals surface area contributed by atoms with Crippen molar-refractivity contribution in [2.24, 2.45) is 0 Å². The average Bonchev–Trinajstić information content (AvgIpc) is 2.84. The average molecular weight is 294 g/mol. The molecular weight excluding hydrogens is 285 g/mol. The van der Waals surface area contributed by atoms with Crippen LogP contribution in [0, 0.1) is 0 Å². The van der Waals surface area contributed by atoms with Crippen molar-refractivity contribution < 1.29 is 32.9 Å². The van der Waals surface area contributed by atoms with Crippen molar-refractivity contribution in [1.29, 1.82) is 0 Å². The number of hydrogen-bond donors (Lipinski definition) is 2. The second-order valence-electron chi connectivity index (χ2n) is 4.47. The van der Waals surface area contributed by atoms with Crippen LogP contribution in [0.2, 0.25) is 0 Å². The SMILES string of the molecule is O=c1nc2n(cc1C(F)(F)F)[C@@H]1OC(CO)[C@H](O)[C@H]1O2. The van der Waals surface area contributed by atoms with Gasteiger partial charge in [-0.25, -0.2) is 0 Å². The van der Waals surface area contributed by atoms with Gasteiger partial charge >= 0.3 is 12.2 Å². The number of rotatable bonds is 1. The normalized spacial score (nSPS) is 31.9. The molecule has 0 aliphatic carbocycles. The summed E-state index contributed by atoms with van der Waals surface area (Å²) in [6.45, 7) is -0.507. The molecular formula is C10H9F3N2O5. The van der Waals surface area contributed by atoms with Crippen molar-refractivity contribution in [1.82, 2.24) is 9.55 Å². The quantitative estimate of drug-likeness (QED) is 0.709. The first-order valence-electron chi connectivity index (χ1n) is 5.64. The lowest BCUT2D eigenvalue weighted by molar-refractivity contribution is -0.139. The maximum Gasteiger partial charge on any atom is 0.423 e. The van der Waals surface area contributed by atoms with E-state index in [-0.39, 0.29) is 6.01 Å². The lowest BCUT2D eigenvalue weighted by Crippen LogP contribution is -2.35. The molecule has 10 heteroatoms. The maximum absolute atomic E-state index is 12.7. The molecule has 0 amide bonds. The Morgan fingerprint density at radius 1 is 1.45 bits per heavy atom. The highest BCUT2D eigenvalue weighted by molar-refractivity contribution is 5.18. The molecule has 20 heavy (non-hydrogen) atoms. The van der Waals surface area contributed by atoms with Crippen LogP contribution in [0.5, 0.6) is 6.01 Å². The standard InChI is InChI=1S/C10H9F3N2O5/c11-10(12,13)3-1-15-8-6(5(17)4(2-16)19-8)20-9(15)14-7(3)18/h1,4-6,8,16-17H,2H2/t4?,5-,6+,8+/m0/s1. The van der Waals surface area contributed by atoms with E-state index < -0.39 is 48.4 Å². The van der Waals surface area contributed by atoms with Gasteiger partial charge in [0.2, 0.25) is 0 Å². The number of hydrogen-bond acceptors (Lipinski definition) is 6. The van der Waals surface area contributed by atoms with E-state index in [2.05, 4.69) is 4.98 Å². The van der Waals surface area contributed by atoms with Gasteiger partial charge in [0.25, 0.3) is 5.56 Å². The third-order valence-electron chi connectivity index (χ3n) is 3.23. The fourth-order valence-electron chi connectivity index (χ4n) is 2.26. The van der Waals surface area contributed by atoms with Crippen molar-refractivity contribution >= 4 is 0 Å². The van der Waals surface area contributed by atoms with Crippen LogP contribution in [0.4, 0.5) is 13.2 Å². The van der Waals surface area contributed by atoms with Crippen LogP contribution in [0.1, 0.15) is 11.8 Å². The topological polar surface area (TPSA) is 93.8 Å². The lowest BCUT2D eigenvalue weighted by Gasteiger charge is -2.15. The van der Waals surface area contributed by atoms with E-state index in [1.54, 1.807) is 0 Å². The molecule has 1 fully saturated rings. The molecule has 0 spiro atoms. The van der Waals surface area contributed by atoms with Crippen molar-refractivity contribution in [3.8, 4) is 6.01 Å². The van der Waals surface area contributed by atoms with Crippen LogP contribution in [0.25, 0.3) is 0 Å². The molecule has 1 aromatic rings. The van der Waals surface area contributed by atoms with E-state index in [4.69, 9.17) is 14.6 Å². The molecule has 1 saturated heterocycles. The minimum absolute atomic E-state index is 0.353. The summed E-state index contributed by atoms with van der Waals surface area (Å²) in [5, 5.41) is 18.8. The van der Waals surface area contributed by atoms with Crippen molar-refractivity contribution in [3.05, 3.63) is 22.1 Å². The van der Waals surface area contributed by atoms with Crippen molar-refractivity contribution in [2.45, 2.75) is 30.7 Å². The van der Waals surface area contributed by atoms with Crippen LogP contribution in [0.3, 0.4) is 0 Å². The molecule has 1 aromatic heterocycles. The van der Waals surface area contributed by atoms with Crippen LogP contribution in [-0.4, -0.2) is 44.7 Å². The van der Waals surface area contributed by atoms with Crippen LogP contribution >= 0.6 is 0 Å². The number of aromatic nitrogens is 2. The molecule has 2 aliphatic heterocycles. The minimum atomic E-state index is -4.85. The maximum atomic E-state index is 12.7. The molecule has 0 radical (unpaired) electrons. The number of fused-ring (bicyclic) bond motifs is 3. The van der Waals surface area contributed by atoms with E-state index in [0.29, 0.717) is 6.20 Å². The fourth-order valence-corrected chi connectivity index (χ4v) is 2.26. The van der Waals surface area contributed by atoms with Gasteiger partial charge in [0, 0.05) is 6.20 Å².